The normalized spacial score (nSPS) is 11.4. The van der Waals surface area contributed by atoms with E-state index in [0.717, 1.165) is 22.6 Å². The van der Waals surface area contributed by atoms with E-state index in [1.54, 1.807) is 7.11 Å². The van der Waals surface area contributed by atoms with Gasteiger partial charge in [-0.1, -0.05) is 48.5 Å². The van der Waals surface area contributed by atoms with Crippen LogP contribution >= 0.6 is 0 Å². The number of nitrogens with zero attached hydrogens (tertiary/aromatic N) is 2. The Bertz CT molecular complexity index is 1550. The van der Waals surface area contributed by atoms with E-state index >= 15 is 0 Å². The topological polar surface area (TPSA) is 27.1 Å². The Morgan fingerprint density at radius 1 is 0.710 bits per heavy atom. The maximum absolute atomic E-state index is 5.46. The minimum absolute atomic E-state index is 0.869. The molecule has 2 aromatic heterocycles. The summed E-state index contributed by atoms with van der Waals surface area (Å²) in [7, 11) is 1.71. The molecule has 148 valence electrons. The molecule has 0 amide bonds. The largest absolute Gasteiger partial charge is 0.497 e. The Morgan fingerprint density at radius 2 is 1.55 bits per heavy atom. The number of ether oxygens (including phenoxy) is 1. The first kappa shape index (κ1) is 17.7. The minimum Gasteiger partial charge on any atom is -0.497 e. The molecular formula is C28H20N2O. The molecule has 0 N–H and O–H groups in total. The Balaban J connectivity index is 1.77. The van der Waals surface area contributed by atoms with Gasteiger partial charge in [0.05, 0.1) is 18.1 Å². The summed E-state index contributed by atoms with van der Waals surface area (Å²) >= 11 is 0. The first-order valence-electron chi connectivity index (χ1n) is 10.3. The summed E-state index contributed by atoms with van der Waals surface area (Å²) in [4.78, 5) is 4.30. The lowest BCUT2D eigenvalue weighted by molar-refractivity contribution is 0.415. The molecule has 0 radical (unpaired) electrons. The van der Waals surface area contributed by atoms with E-state index in [2.05, 4.69) is 88.4 Å². The maximum Gasteiger partial charge on any atom is 0.119 e. The highest BCUT2D eigenvalue weighted by atomic mass is 16.5. The number of rotatable bonds is 3. The molecule has 0 aliphatic rings. The van der Waals surface area contributed by atoms with Crippen molar-refractivity contribution in [3.05, 3.63) is 103 Å². The van der Waals surface area contributed by atoms with E-state index in [4.69, 9.17) is 4.74 Å². The third-order valence-electron chi connectivity index (χ3n) is 5.96. The van der Waals surface area contributed by atoms with Gasteiger partial charge in [-0.25, -0.2) is 0 Å². The summed E-state index contributed by atoms with van der Waals surface area (Å²) in [5.74, 6) is 0.869. The van der Waals surface area contributed by atoms with Crippen molar-refractivity contribution >= 4 is 32.6 Å². The van der Waals surface area contributed by atoms with Crippen LogP contribution in [0, 0.1) is 0 Å². The van der Waals surface area contributed by atoms with E-state index in [0.29, 0.717) is 0 Å². The predicted molar refractivity (Wildman–Crippen MR) is 128 cm³/mol. The summed E-state index contributed by atoms with van der Waals surface area (Å²) in [6.45, 7) is 0. The summed E-state index contributed by atoms with van der Waals surface area (Å²) in [5.41, 5.74) is 5.82. The van der Waals surface area contributed by atoms with Crippen LogP contribution in [0.15, 0.2) is 103 Å². The van der Waals surface area contributed by atoms with Gasteiger partial charge < -0.3 is 9.30 Å². The molecule has 0 aliphatic heterocycles. The Morgan fingerprint density at radius 3 is 2.35 bits per heavy atom. The molecule has 4 aromatic carbocycles. The van der Waals surface area contributed by atoms with Crippen molar-refractivity contribution in [3.63, 3.8) is 0 Å². The molecule has 0 saturated heterocycles. The van der Waals surface area contributed by atoms with Crippen molar-refractivity contribution in [2.75, 3.05) is 7.11 Å². The van der Waals surface area contributed by atoms with Gasteiger partial charge in [0, 0.05) is 39.8 Å². The second-order valence-electron chi connectivity index (χ2n) is 7.69. The van der Waals surface area contributed by atoms with Gasteiger partial charge in [0.15, 0.2) is 0 Å². The molecule has 6 aromatic rings. The molecule has 0 fully saturated rings. The molecule has 6 rings (SSSR count). The predicted octanol–water partition coefficient (Wildman–Crippen LogP) is 7.01. The van der Waals surface area contributed by atoms with Gasteiger partial charge in [-0.3, -0.25) is 4.98 Å². The standard InChI is InChI=1S/C28H20N2O/c1-31-23-11-14-24-20(16-23)10-13-26-25-12-9-19(21-6-5-15-29-18-21)17-27(25)30(28(24)26)22-7-3-2-4-8-22/h2-18H,1H3. The van der Waals surface area contributed by atoms with Crippen LogP contribution in [-0.2, 0) is 0 Å². The van der Waals surface area contributed by atoms with Crippen LogP contribution in [0.4, 0.5) is 0 Å². The Kier molecular flexibility index (Phi) is 4.00. The molecule has 2 heterocycles. The lowest BCUT2D eigenvalue weighted by Crippen LogP contribution is -1.94. The van der Waals surface area contributed by atoms with E-state index < -0.39 is 0 Å². The highest BCUT2D eigenvalue weighted by Gasteiger charge is 2.16. The van der Waals surface area contributed by atoms with Crippen LogP contribution in [0.1, 0.15) is 0 Å². The van der Waals surface area contributed by atoms with Crippen molar-refractivity contribution in [1.82, 2.24) is 9.55 Å². The lowest BCUT2D eigenvalue weighted by Gasteiger charge is -2.11. The number of pyridine rings is 1. The van der Waals surface area contributed by atoms with Crippen LogP contribution in [0.2, 0.25) is 0 Å². The van der Waals surface area contributed by atoms with Crippen LogP contribution in [-0.4, -0.2) is 16.7 Å². The van der Waals surface area contributed by atoms with E-state index in [9.17, 15) is 0 Å². The van der Waals surface area contributed by atoms with Crippen molar-refractivity contribution in [2.45, 2.75) is 0 Å². The molecule has 3 nitrogen and oxygen atoms in total. The summed E-state index contributed by atoms with van der Waals surface area (Å²) < 4.78 is 7.83. The van der Waals surface area contributed by atoms with Crippen LogP contribution in [0.5, 0.6) is 5.75 Å². The third kappa shape index (κ3) is 2.78. The molecule has 0 unspecified atom stereocenters. The van der Waals surface area contributed by atoms with Crippen LogP contribution < -0.4 is 4.74 Å². The monoisotopic (exact) mass is 400 g/mol. The lowest BCUT2D eigenvalue weighted by atomic mass is 10.0. The number of hydrogen-bond donors (Lipinski definition) is 0. The fourth-order valence-electron chi connectivity index (χ4n) is 4.50. The molecule has 31 heavy (non-hydrogen) atoms. The van der Waals surface area contributed by atoms with Crippen LogP contribution in [0.25, 0.3) is 49.4 Å². The number of fused-ring (bicyclic) bond motifs is 5. The zero-order valence-electron chi connectivity index (χ0n) is 17.1. The molecule has 0 spiro atoms. The average molecular weight is 400 g/mol. The quantitative estimate of drug-likeness (QED) is 0.319. The number of para-hydroxylation sites is 1. The zero-order chi connectivity index (χ0) is 20.8. The van der Waals surface area contributed by atoms with E-state index in [1.165, 1.54) is 32.6 Å². The molecule has 0 aliphatic carbocycles. The fraction of sp³-hybridized carbons (Fsp3) is 0.0357. The van der Waals surface area contributed by atoms with Gasteiger partial charge in [-0.2, -0.15) is 0 Å². The van der Waals surface area contributed by atoms with Crippen molar-refractivity contribution in [1.29, 1.82) is 0 Å². The Labute approximate surface area is 180 Å². The van der Waals surface area contributed by atoms with Gasteiger partial charge in [0.1, 0.15) is 5.75 Å². The highest BCUT2D eigenvalue weighted by Crippen LogP contribution is 2.38. The smallest absolute Gasteiger partial charge is 0.119 e. The number of methoxy groups -OCH3 is 1. The van der Waals surface area contributed by atoms with Crippen molar-refractivity contribution in [3.8, 4) is 22.6 Å². The number of aromatic nitrogens is 2. The number of benzene rings is 4. The average Bonchev–Trinajstić information content (AvgIpc) is 3.18. The zero-order valence-corrected chi connectivity index (χ0v) is 17.1. The molecule has 0 atom stereocenters. The number of hydrogen-bond acceptors (Lipinski definition) is 2. The summed E-state index contributed by atoms with van der Waals surface area (Å²) in [6.07, 6.45) is 3.72. The second-order valence-corrected chi connectivity index (χ2v) is 7.69. The minimum atomic E-state index is 0.869. The van der Waals surface area contributed by atoms with Gasteiger partial charge in [0.25, 0.3) is 0 Å². The van der Waals surface area contributed by atoms with Crippen molar-refractivity contribution < 1.29 is 4.74 Å². The second kappa shape index (κ2) is 6.99. The molecular weight excluding hydrogens is 380 g/mol. The van der Waals surface area contributed by atoms with E-state index in [1.807, 2.05) is 24.5 Å². The summed E-state index contributed by atoms with van der Waals surface area (Å²) in [6, 6.07) is 32.0. The van der Waals surface area contributed by atoms with Crippen molar-refractivity contribution in [2.24, 2.45) is 0 Å². The van der Waals surface area contributed by atoms with Crippen LogP contribution in [0.3, 0.4) is 0 Å². The van der Waals surface area contributed by atoms with E-state index in [-0.39, 0.29) is 0 Å². The maximum atomic E-state index is 5.46. The third-order valence-corrected chi connectivity index (χ3v) is 5.96. The van der Waals surface area contributed by atoms with Gasteiger partial charge in [-0.05, 0) is 53.4 Å². The summed E-state index contributed by atoms with van der Waals surface area (Å²) in [5, 5.41) is 4.86. The highest BCUT2D eigenvalue weighted by molar-refractivity contribution is 6.19. The molecule has 3 heteroatoms. The van der Waals surface area contributed by atoms with Gasteiger partial charge in [-0.15, -0.1) is 0 Å². The SMILES string of the molecule is COc1ccc2c(ccc3c4ccc(-c5cccnc5)cc4n(-c4ccccc4)c23)c1. The molecule has 0 bridgehead atoms. The first-order chi connectivity index (χ1) is 15.3. The Hall–Kier alpha value is -4.11. The fourth-order valence-corrected chi connectivity index (χ4v) is 4.50. The van der Waals surface area contributed by atoms with Gasteiger partial charge in [0.2, 0.25) is 0 Å². The van der Waals surface area contributed by atoms with Gasteiger partial charge >= 0.3 is 0 Å². The molecule has 0 saturated carbocycles. The first-order valence-corrected chi connectivity index (χ1v) is 10.3.